The lowest BCUT2D eigenvalue weighted by atomic mass is 10.1. The van der Waals surface area contributed by atoms with E-state index in [-0.39, 0.29) is 18.1 Å². The lowest BCUT2D eigenvalue weighted by molar-refractivity contribution is -0.117. The molecule has 1 aliphatic rings. The fraction of sp³-hybridized carbons (Fsp3) is 0.368. The molecule has 0 radical (unpaired) electrons. The maximum Gasteiger partial charge on any atom is 0.352 e. The standard InChI is InChI=1S/C19H22N6O2/c1-13-6-5-7-14(2)17(13)21-16(26)12-25-19(27)24-11-8-15(20-18(24)22-25)23-9-3-4-10-23/h5-8,11H,3-4,9-10,12H2,1-2H3,(H,21,26). The number of hydrogen-bond acceptors (Lipinski definition) is 5. The molecule has 27 heavy (non-hydrogen) atoms. The molecule has 140 valence electrons. The Morgan fingerprint density at radius 2 is 1.85 bits per heavy atom. The molecule has 0 bridgehead atoms. The van der Waals surface area contributed by atoms with Crippen molar-refractivity contribution in [2.75, 3.05) is 23.3 Å². The first-order chi connectivity index (χ1) is 13.0. The summed E-state index contributed by atoms with van der Waals surface area (Å²) in [5.41, 5.74) is 2.35. The topological polar surface area (TPSA) is 84.5 Å². The highest BCUT2D eigenvalue weighted by Gasteiger charge is 2.17. The average Bonchev–Trinajstić information content (AvgIpc) is 3.27. The number of amides is 1. The van der Waals surface area contributed by atoms with Gasteiger partial charge in [0.1, 0.15) is 12.4 Å². The molecule has 3 heterocycles. The molecule has 1 aromatic carbocycles. The van der Waals surface area contributed by atoms with Crippen LogP contribution in [-0.2, 0) is 11.3 Å². The third-order valence-electron chi connectivity index (χ3n) is 4.91. The number of aryl methyl sites for hydroxylation is 2. The summed E-state index contributed by atoms with van der Waals surface area (Å²) in [6.07, 6.45) is 3.96. The van der Waals surface area contributed by atoms with Crippen LogP contribution in [0.5, 0.6) is 0 Å². The van der Waals surface area contributed by atoms with Crippen molar-refractivity contribution in [3.63, 3.8) is 0 Å². The van der Waals surface area contributed by atoms with Crippen LogP contribution >= 0.6 is 0 Å². The van der Waals surface area contributed by atoms with Gasteiger partial charge in [0, 0.05) is 25.0 Å². The van der Waals surface area contributed by atoms with Gasteiger partial charge in [0.2, 0.25) is 5.91 Å². The van der Waals surface area contributed by atoms with Crippen molar-refractivity contribution in [3.05, 3.63) is 52.1 Å². The maximum absolute atomic E-state index is 12.5. The van der Waals surface area contributed by atoms with Gasteiger partial charge >= 0.3 is 5.69 Å². The SMILES string of the molecule is Cc1cccc(C)c1NC(=O)Cn1nc2nc(N3CCCC3)ccn2c1=O. The van der Waals surface area contributed by atoms with E-state index < -0.39 is 0 Å². The van der Waals surface area contributed by atoms with Gasteiger partial charge in [-0.1, -0.05) is 18.2 Å². The molecule has 0 atom stereocenters. The summed E-state index contributed by atoms with van der Waals surface area (Å²) in [5, 5.41) is 7.12. The summed E-state index contributed by atoms with van der Waals surface area (Å²) in [6, 6.07) is 7.63. The van der Waals surface area contributed by atoms with Crippen molar-refractivity contribution in [2.45, 2.75) is 33.2 Å². The largest absolute Gasteiger partial charge is 0.356 e. The summed E-state index contributed by atoms with van der Waals surface area (Å²) >= 11 is 0. The zero-order chi connectivity index (χ0) is 19.0. The van der Waals surface area contributed by atoms with Gasteiger partial charge in [0.25, 0.3) is 5.78 Å². The van der Waals surface area contributed by atoms with Gasteiger partial charge in [0.05, 0.1) is 0 Å². The second kappa shape index (κ2) is 6.86. The highest BCUT2D eigenvalue weighted by molar-refractivity contribution is 5.92. The first kappa shape index (κ1) is 17.3. The van der Waals surface area contributed by atoms with E-state index >= 15 is 0 Å². The minimum absolute atomic E-state index is 0.158. The predicted octanol–water partition coefficient (Wildman–Crippen LogP) is 1.75. The molecular weight excluding hydrogens is 344 g/mol. The maximum atomic E-state index is 12.5. The highest BCUT2D eigenvalue weighted by Crippen LogP contribution is 2.19. The number of fused-ring (bicyclic) bond motifs is 1. The first-order valence-corrected chi connectivity index (χ1v) is 9.10. The van der Waals surface area contributed by atoms with E-state index in [4.69, 9.17) is 0 Å². The van der Waals surface area contributed by atoms with Gasteiger partial charge < -0.3 is 10.2 Å². The molecule has 1 amide bonds. The Morgan fingerprint density at radius 1 is 1.15 bits per heavy atom. The van der Waals surface area contributed by atoms with E-state index in [1.165, 1.54) is 4.40 Å². The smallest absolute Gasteiger partial charge is 0.352 e. The molecule has 1 saturated heterocycles. The number of hydrogen-bond donors (Lipinski definition) is 1. The first-order valence-electron chi connectivity index (χ1n) is 9.10. The molecule has 2 aromatic heterocycles. The van der Waals surface area contributed by atoms with E-state index in [0.29, 0.717) is 5.78 Å². The van der Waals surface area contributed by atoms with Crippen LogP contribution in [0.15, 0.2) is 35.3 Å². The number of aromatic nitrogens is 4. The normalized spacial score (nSPS) is 14.1. The Bertz CT molecular complexity index is 1040. The Balaban J connectivity index is 1.57. The number of benzene rings is 1. The molecule has 0 spiro atoms. The minimum atomic E-state index is -0.373. The fourth-order valence-corrected chi connectivity index (χ4v) is 3.45. The van der Waals surface area contributed by atoms with Crippen LogP contribution in [0.25, 0.3) is 5.78 Å². The third-order valence-corrected chi connectivity index (χ3v) is 4.91. The van der Waals surface area contributed by atoms with Gasteiger partial charge in [-0.25, -0.2) is 13.9 Å². The van der Waals surface area contributed by atoms with Gasteiger partial charge in [0.15, 0.2) is 0 Å². The molecule has 0 aliphatic carbocycles. The Hall–Kier alpha value is -3.16. The van der Waals surface area contributed by atoms with E-state index in [2.05, 4.69) is 20.3 Å². The van der Waals surface area contributed by atoms with Gasteiger partial charge in [-0.3, -0.25) is 4.79 Å². The quantitative estimate of drug-likeness (QED) is 0.760. The molecule has 8 nitrogen and oxygen atoms in total. The van der Waals surface area contributed by atoms with Crippen LogP contribution < -0.4 is 15.9 Å². The van der Waals surface area contributed by atoms with E-state index in [0.717, 1.165) is 53.2 Å². The Kier molecular flexibility index (Phi) is 4.39. The summed E-state index contributed by atoms with van der Waals surface area (Å²) in [6.45, 7) is 5.64. The van der Waals surface area contributed by atoms with Gasteiger partial charge in [-0.2, -0.15) is 4.98 Å². The number of anilines is 2. The molecular formula is C19H22N6O2. The van der Waals surface area contributed by atoms with Gasteiger partial charge in [-0.05, 0) is 43.9 Å². The number of para-hydroxylation sites is 1. The van der Waals surface area contributed by atoms with Crippen molar-refractivity contribution in [3.8, 4) is 0 Å². The average molecular weight is 366 g/mol. The summed E-state index contributed by atoms with van der Waals surface area (Å²) in [4.78, 5) is 31.6. The lowest BCUT2D eigenvalue weighted by Gasteiger charge is -2.15. The van der Waals surface area contributed by atoms with Crippen molar-refractivity contribution < 1.29 is 4.79 Å². The van der Waals surface area contributed by atoms with Crippen LogP contribution in [0.1, 0.15) is 24.0 Å². The molecule has 1 N–H and O–H groups in total. The molecule has 3 aromatic rings. The molecule has 4 rings (SSSR count). The molecule has 0 saturated carbocycles. The van der Waals surface area contributed by atoms with E-state index in [1.807, 2.05) is 38.1 Å². The predicted molar refractivity (Wildman–Crippen MR) is 103 cm³/mol. The molecule has 0 unspecified atom stereocenters. The molecule has 8 heteroatoms. The summed E-state index contributed by atoms with van der Waals surface area (Å²) < 4.78 is 2.52. The van der Waals surface area contributed by atoms with Gasteiger partial charge in [-0.15, -0.1) is 5.10 Å². The minimum Gasteiger partial charge on any atom is -0.356 e. The van der Waals surface area contributed by atoms with Crippen LogP contribution in [0.2, 0.25) is 0 Å². The number of nitrogens with one attached hydrogen (secondary N) is 1. The highest BCUT2D eigenvalue weighted by atomic mass is 16.2. The van der Waals surface area contributed by atoms with E-state index in [1.54, 1.807) is 6.20 Å². The van der Waals surface area contributed by atoms with Crippen molar-refractivity contribution in [1.82, 2.24) is 19.2 Å². The number of carbonyl (C=O) groups is 1. The zero-order valence-corrected chi connectivity index (χ0v) is 15.5. The van der Waals surface area contributed by atoms with Crippen LogP contribution in [0, 0.1) is 13.8 Å². The zero-order valence-electron chi connectivity index (χ0n) is 15.5. The summed E-state index contributed by atoms with van der Waals surface area (Å²) in [7, 11) is 0. The van der Waals surface area contributed by atoms with Crippen molar-refractivity contribution >= 4 is 23.2 Å². The summed E-state index contributed by atoms with van der Waals surface area (Å²) in [5.74, 6) is 0.832. The van der Waals surface area contributed by atoms with Crippen molar-refractivity contribution in [2.24, 2.45) is 0 Å². The second-order valence-corrected chi connectivity index (χ2v) is 6.91. The lowest BCUT2D eigenvalue weighted by Crippen LogP contribution is -2.28. The third kappa shape index (κ3) is 3.30. The van der Waals surface area contributed by atoms with Crippen molar-refractivity contribution in [1.29, 1.82) is 0 Å². The molecule has 1 aliphatic heterocycles. The van der Waals surface area contributed by atoms with Crippen LogP contribution in [0.4, 0.5) is 11.5 Å². The van der Waals surface area contributed by atoms with Crippen LogP contribution in [0.3, 0.4) is 0 Å². The number of nitrogens with zero attached hydrogens (tertiary/aromatic N) is 5. The fourth-order valence-electron chi connectivity index (χ4n) is 3.45. The van der Waals surface area contributed by atoms with E-state index in [9.17, 15) is 9.59 Å². The van der Waals surface area contributed by atoms with Crippen LogP contribution in [-0.4, -0.2) is 38.2 Å². The Labute approximate surface area is 156 Å². The second-order valence-electron chi connectivity index (χ2n) is 6.91. The molecule has 1 fully saturated rings. The number of rotatable bonds is 4. The monoisotopic (exact) mass is 366 g/mol. The number of carbonyl (C=O) groups excluding carboxylic acids is 1. The Morgan fingerprint density at radius 3 is 2.56 bits per heavy atom.